The third-order valence-corrected chi connectivity index (χ3v) is 4.35. The van der Waals surface area contributed by atoms with Crippen LogP contribution in [0.3, 0.4) is 0 Å². The average molecular weight is 302 g/mol. The Morgan fingerprint density at radius 2 is 1.90 bits per heavy atom. The molecule has 1 aliphatic rings. The largest absolute Gasteiger partial charge is 0.340 e. The summed E-state index contributed by atoms with van der Waals surface area (Å²) in [7, 11) is 0. The van der Waals surface area contributed by atoms with Gasteiger partial charge in [0.15, 0.2) is 0 Å². The molecule has 0 saturated carbocycles. The van der Waals surface area contributed by atoms with Crippen molar-refractivity contribution in [1.82, 2.24) is 9.97 Å². The molecule has 3 rings (SSSR count). The Bertz CT molecular complexity index is 680. The van der Waals surface area contributed by atoms with Crippen molar-refractivity contribution in [3.05, 3.63) is 45.9 Å². The number of rotatable bonds is 3. The maximum Gasteiger partial charge on any atom is 0.138 e. The van der Waals surface area contributed by atoms with Gasteiger partial charge in [-0.15, -0.1) is 0 Å². The van der Waals surface area contributed by atoms with Crippen LogP contribution in [-0.2, 0) is 12.8 Å². The highest BCUT2D eigenvalue weighted by Crippen LogP contribution is 2.29. The van der Waals surface area contributed by atoms with E-state index in [2.05, 4.69) is 47.3 Å². The molecule has 1 aliphatic carbocycles. The van der Waals surface area contributed by atoms with Gasteiger partial charge < -0.3 is 5.32 Å². The zero-order valence-corrected chi connectivity index (χ0v) is 13.5. The van der Waals surface area contributed by atoms with Gasteiger partial charge in [-0.2, -0.15) is 0 Å². The van der Waals surface area contributed by atoms with Crippen molar-refractivity contribution in [2.24, 2.45) is 0 Å². The van der Waals surface area contributed by atoms with E-state index in [9.17, 15) is 0 Å². The highest BCUT2D eigenvalue weighted by molar-refractivity contribution is 6.30. The highest BCUT2D eigenvalue weighted by atomic mass is 35.5. The van der Waals surface area contributed by atoms with Crippen molar-refractivity contribution in [1.29, 1.82) is 0 Å². The van der Waals surface area contributed by atoms with Crippen LogP contribution in [0.2, 0.25) is 5.15 Å². The lowest BCUT2D eigenvalue weighted by Crippen LogP contribution is -2.05. The zero-order valence-electron chi connectivity index (χ0n) is 12.7. The van der Waals surface area contributed by atoms with E-state index >= 15 is 0 Å². The summed E-state index contributed by atoms with van der Waals surface area (Å²) in [5.74, 6) is 1.83. The maximum absolute atomic E-state index is 6.23. The van der Waals surface area contributed by atoms with Gasteiger partial charge in [0, 0.05) is 17.2 Å². The van der Waals surface area contributed by atoms with Crippen LogP contribution >= 0.6 is 11.6 Å². The first kappa shape index (κ1) is 14.3. The van der Waals surface area contributed by atoms with Gasteiger partial charge in [-0.25, -0.2) is 9.97 Å². The Balaban J connectivity index is 1.94. The van der Waals surface area contributed by atoms with Crippen LogP contribution in [0.4, 0.5) is 11.5 Å². The summed E-state index contributed by atoms with van der Waals surface area (Å²) in [6.45, 7) is 6.09. The van der Waals surface area contributed by atoms with Crippen LogP contribution in [0.5, 0.6) is 0 Å². The fraction of sp³-hybridized carbons (Fsp3) is 0.412. The third kappa shape index (κ3) is 2.88. The van der Waals surface area contributed by atoms with Gasteiger partial charge in [0.2, 0.25) is 0 Å². The van der Waals surface area contributed by atoms with Crippen molar-refractivity contribution in [3.8, 4) is 0 Å². The number of nitrogens with zero attached hydrogens (tertiary/aromatic N) is 2. The van der Waals surface area contributed by atoms with E-state index in [-0.39, 0.29) is 5.92 Å². The minimum Gasteiger partial charge on any atom is -0.340 e. The Morgan fingerprint density at radius 1 is 1.14 bits per heavy atom. The summed E-state index contributed by atoms with van der Waals surface area (Å²) in [5, 5.41) is 3.93. The van der Waals surface area contributed by atoms with Crippen molar-refractivity contribution in [3.63, 3.8) is 0 Å². The highest BCUT2D eigenvalue weighted by Gasteiger charge is 2.14. The number of aromatic nitrogens is 2. The molecule has 0 fully saturated rings. The number of nitrogens with one attached hydrogen (secondary N) is 1. The maximum atomic E-state index is 6.23. The predicted molar refractivity (Wildman–Crippen MR) is 87.6 cm³/mol. The number of hydrogen-bond donors (Lipinski definition) is 1. The molecule has 0 amide bonds. The minimum atomic E-state index is 0.253. The Labute approximate surface area is 130 Å². The van der Waals surface area contributed by atoms with Gasteiger partial charge in [0.25, 0.3) is 0 Å². The Morgan fingerprint density at radius 3 is 2.67 bits per heavy atom. The molecule has 1 heterocycles. The van der Waals surface area contributed by atoms with Crippen LogP contribution in [0.1, 0.15) is 48.7 Å². The summed E-state index contributed by atoms with van der Waals surface area (Å²) in [6.07, 6.45) is 3.63. The number of aryl methyl sites for hydroxylation is 2. The summed E-state index contributed by atoms with van der Waals surface area (Å²) in [5.41, 5.74) is 4.88. The molecule has 3 nitrogen and oxygen atoms in total. The first-order valence-corrected chi connectivity index (χ1v) is 7.85. The van der Waals surface area contributed by atoms with Gasteiger partial charge >= 0.3 is 0 Å². The number of benzene rings is 1. The van der Waals surface area contributed by atoms with Crippen molar-refractivity contribution >= 4 is 23.1 Å². The second-order valence-electron chi connectivity index (χ2n) is 5.96. The molecule has 1 aromatic carbocycles. The summed E-state index contributed by atoms with van der Waals surface area (Å²) in [4.78, 5) is 8.96. The molecule has 21 heavy (non-hydrogen) atoms. The average Bonchev–Trinajstić information content (AvgIpc) is 2.91. The molecule has 4 heteroatoms. The van der Waals surface area contributed by atoms with E-state index in [4.69, 9.17) is 11.6 Å². The number of hydrogen-bond acceptors (Lipinski definition) is 3. The van der Waals surface area contributed by atoms with Crippen molar-refractivity contribution in [2.45, 2.75) is 46.0 Å². The number of halogens is 1. The molecule has 0 aliphatic heterocycles. The minimum absolute atomic E-state index is 0.253. The van der Waals surface area contributed by atoms with Gasteiger partial charge in [0.05, 0.1) is 0 Å². The first-order chi connectivity index (χ1) is 10.0. The Kier molecular flexibility index (Phi) is 3.85. The lowest BCUT2D eigenvalue weighted by molar-refractivity contribution is 0.773. The normalized spacial score (nSPS) is 13.6. The molecule has 0 bridgehead atoms. The van der Waals surface area contributed by atoms with Crippen LogP contribution in [-0.4, -0.2) is 9.97 Å². The molecule has 1 N–H and O–H groups in total. The van der Waals surface area contributed by atoms with Crippen LogP contribution in [0.15, 0.2) is 18.2 Å². The van der Waals surface area contributed by atoms with E-state index in [0.717, 1.165) is 22.9 Å². The van der Waals surface area contributed by atoms with E-state index < -0.39 is 0 Å². The molecule has 1 aromatic heterocycles. The van der Waals surface area contributed by atoms with Crippen molar-refractivity contribution in [2.75, 3.05) is 5.32 Å². The van der Waals surface area contributed by atoms with Crippen LogP contribution < -0.4 is 5.32 Å². The fourth-order valence-electron chi connectivity index (χ4n) is 2.67. The standard InChI is InChI=1S/C17H20ClN3/c1-10(2)16-20-15(18)11(3)17(21-16)19-14-8-7-12-5-4-6-13(12)9-14/h7-10H,4-6H2,1-3H3,(H,19,20,21). The second-order valence-corrected chi connectivity index (χ2v) is 6.32. The van der Waals surface area contributed by atoms with Gasteiger partial charge in [-0.3, -0.25) is 0 Å². The quantitative estimate of drug-likeness (QED) is 0.828. The molecular formula is C17H20ClN3. The number of fused-ring (bicyclic) bond motifs is 1. The summed E-state index contributed by atoms with van der Waals surface area (Å²) in [6, 6.07) is 6.56. The molecule has 2 aromatic rings. The summed E-state index contributed by atoms with van der Waals surface area (Å²) < 4.78 is 0. The SMILES string of the molecule is Cc1c(Cl)nc(C(C)C)nc1Nc1ccc2c(c1)CCC2. The zero-order chi connectivity index (χ0) is 15.0. The topological polar surface area (TPSA) is 37.8 Å². The predicted octanol–water partition coefficient (Wildman–Crippen LogP) is 4.79. The second kappa shape index (κ2) is 5.64. The van der Waals surface area contributed by atoms with Gasteiger partial charge in [0.1, 0.15) is 16.8 Å². The lowest BCUT2D eigenvalue weighted by atomic mass is 10.1. The monoisotopic (exact) mass is 301 g/mol. The molecular weight excluding hydrogens is 282 g/mol. The third-order valence-electron chi connectivity index (χ3n) is 3.98. The van der Waals surface area contributed by atoms with E-state index in [0.29, 0.717) is 5.15 Å². The van der Waals surface area contributed by atoms with Crippen molar-refractivity contribution < 1.29 is 0 Å². The lowest BCUT2D eigenvalue weighted by Gasteiger charge is -2.13. The Hall–Kier alpha value is -1.61. The molecule has 0 atom stereocenters. The number of anilines is 2. The molecule has 0 spiro atoms. The summed E-state index contributed by atoms with van der Waals surface area (Å²) >= 11 is 6.23. The van der Waals surface area contributed by atoms with Crippen LogP contribution in [0.25, 0.3) is 0 Å². The van der Waals surface area contributed by atoms with Gasteiger partial charge in [-0.05, 0) is 49.4 Å². The fourth-order valence-corrected chi connectivity index (χ4v) is 2.85. The molecule has 110 valence electrons. The van der Waals surface area contributed by atoms with E-state index in [1.54, 1.807) is 0 Å². The van der Waals surface area contributed by atoms with Crippen LogP contribution in [0, 0.1) is 6.92 Å². The first-order valence-electron chi connectivity index (χ1n) is 7.47. The van der Waals surface area contributed by atoms with E-state index in [1.165, 1.54) is 30.4 Å². The molecule has 0 radical (unpaired) electrons. The van der Waals surface area contributed by atoms with E-state index in [1.807, 2.05) is 6.92 Å². The van der Waals surface area contributed by atoms with Gasteiger partial charge in [-0.1, -0.05) is 31.5 Å². The molecule has 0 unspecified atom stereocenters. The molecule has 0 saturated heterocycles. The smallest absolute Gasteiger partial charge is 0.138 e.